The van der Waals surface area contributed by atoms with Crippen molar-refractivity contribution in [2.24, 2.45) is 7.05 Å². The lowest BCUT2D eigenvalue weighted by Crippen LogP contribution is -2.38. The van der Waals surface area contributed by atoms with Crippen molar-refractivity contribution in [3.63, 3.8) is 0 Å². The predicted octanol–water partition coefficient (Wildman–Crippen LogP) is 3.69. The number of hydrogen-bond acceptors (Lipinski definition) is 5. The highest BCUT2D eigenvalue weighted by Gasteiger charge is 2.25. The van der Waals surface area contributed by atoms with E-state index in [2.05, 4.69) is 57.1 Å². The van der Waals surface area contributed by atoms with Crippen LogP contribution in [0.1, 0.15) is 33.3 Å². The number of methoxy groups -OCH3 is 1. The molecule has 3 aromatic rings. The van der Waals surface area contributed by atoms with Gasteiger partial charge in [0.2, 0.25) is 5.88 Å². The number of hydrogen-bond donors (Lipinski definition) is 1. The van der Waals surface area contributed by atoms with E-state index in [1.807, 2.05) is 30.0 Å². The zero-order valence-electron chi connectivity index (χ0n) is 16.8. The normalized spacial score (nSPS) is 15.4. The lowest BCUT2D eigenvalue weighted by Gasteiger charge is -2.35. The molecule has 5 nitrogen and oxygen atoms in total. The van der Waals surface area contributed by atoms with Gasteiger partial charge in [0.1, 0.15) is 0 Å². The molecule has 6 heteroatoms. The number of aromatic nitrogens is 2. The van der Waals surface area contributed by atoms with Gasteiger partial charge in [-0.15, -0.1) is 11.3 Å². The minimum Gasteiger partial charge on any atom is -0.481 e. The monoisotopic (exact) mass is 396 g/mol. The summed E-state index contributed by atoms with van der Waals surface area (Å²) in [6.45, 7) is 5.81. The first kappa shape index (κ1) is 19.2. The fraction of sp³-hybridized carbons (Fsp3) is 0.409. The average molecular weight is 397 g/mol. The van der Waals surface area contributed by atoms with E-state index in [0.717, 1.165) is 49.7 Å². The van der Waals surface area contributed by atoms with Gasteiger partial charge >= 0.3 is 0 Å². The van der Waals surface area contributed by atoms with Crippen LogP contribution in [0.15, 0.2) is 41.8 Å². The number of thiophene rings is 1. The third-order valence-electron chi connectivity index (χ3n) is 5.58. The van der Waals surface area contributed by atoms with Gasteiger partial charge in [-0.25, -0.2) is 4.68 Å². The summed E-state index contributed by atoms with van der Waals surface area (Å²) in [5.74, 6) is 0.835. The molecule has 1 aliphatic heterocycles. The molecule has 4 rings (SSSR count). The largest absolute Gasteiger partial charge is 0.481 e. The van der Waals surface area contributed by atoms with Crippen molar-refractivity contribution in [3.05, 3.63) is 69.0 Å². The Hall–Kier alpha value is -2.15. The van der Waals surface area contributed by atoms with Crippen LogP contribution in [0.3, 0.4) is 0 Å². The van der Waals surface area contributed by atoms with Crippen molar-refractivity contribution in [1.29, 1.82) is 0 Å². The summed E-state index contributed by atoms with van der Waals surface area (Å²) < 4.78 is 7.35. The molecule has 0 fully saturated rings. The molecule has 0 amide bonds. The van der Waals surface area contributed by atoms with E-state index in [4.69, 9.17) is 4.74 Å². The molecule has 1 N–H and O–H groups in total. The molecule has 1 aromatic carbocycles. The third kappa shape index (κ3) is 3.85. The Kier molecular flexibility index (Phi) is 5.80. The van der Waals surface area contributed by atoms with Crippen molar-refractivity contribution in [2.75, 3.05) is 20.2 Å². The number of ether oxygens (including phenoxy) is 1. The highest BCUT2D eigenvalue weighted by Crippen LogP contribution is 2.30. The molecule has 148 valence electrons. The highest BCUT2D eigenvalue weighted by molar-refractivity contribution is 7.10. The van der Waals surface area contributed by atoms with Gasteiger partial charge in [-0.05, 0) is 35.9 Å². The number of nitrogens with one attached hydrogen (secondary N) is 1. The van der Waals surface area contributed by atoms with Crippen molar-refractivity contribution in [1.82, 2.24) is 20.0 Å². The van der Waals surface area contributed by atoms with Gasteiger partial charge < -0.3 is 10.1 Å². The Labute approximate surface area is 170 Å². The van der Waals surface area contributed by atoms with Crippen molar-refractivity contribution >= 4 is 11.3 Å². The van der Waals surface area contributed by atoms with E-state index in [0.29, 0.717) is 6.04 Å². The average Bonchev–Trinajstić information content (AvgIpc) is 3.28. The van der Waals surface area contributed by atoms with Crippen molar-refractivity contribution in [3.8, 4) is 5.88 Å². The number of nitrogens with zero attached hydrogens (tertiary/aromatic N) is 3. The maximum Gasteiger partial charge on any atom is 0.216 e. The Morgan fingerprint density at radius 2 is 2.07 bits per heavy atom. The van der Waals surface area contributed by atoms with Gasteiger partial charge in [0.15, 0.2) is 0 Å². The number of fused-ring (bicyclic) bond motifs is 1. The van der Waals surface area contributed by atoms with Crippen LogP contribution in [-0.2, 0) is 26.6 Å². The van der Waals surface area contributed by atoms with Crippen LogP contribution in [0.2, 0.25) is 0 Å². The van der Waals surface area contributed by atoms with Gasteiger partial charge in [0.25, 0.3) is 0 Å². The fourth-order valence-corrected chi connectivity index (χ4v) is 5.03. The number of benzene rings is 1. The van der Waals surface area contributed by atoms with Crippen LogP contribution in [0.4, 0.5) is 0 Å². The second-order valence-electron chi connectivity index (χ2n) is 7.34. The topological polar surface area (TPSA) is 42.3 Å². The van der Waals surface area contributed by atoms with Gasteiger partial charge in [-0.2, -0.15) is 5.10 Å². The van der Waals surface area contributed by atoms with E-state index in [1.54, 1.807) is 12.0 Å². The van der Waals surface area contributed by atoms with Crippen LogP contribution in [0.5, 0.6) is 5.88 Å². The van der Waals surface area contributed by atoms with E-state index in [-0.39, 0.29) is 0 Å². The first-order chi connectivity index (χ1) is 13.7. The van der Waals surface area contributed by atoms with Gasteiger partial charge in [0, 0.05) is 44.1 Å². The Bertz CT molecular complexity index is 918. The van der Waals surface area contributed by atoms with Crippen molar-refractivity contribution in [2.45, 2.75) is 32.5 Å². The van der Waals surface area contributed by atoms with Crippen LogP contribution in [0.25, 0.3) is 0 Å². The van der Waals surface area contributed by atoms with Gasteiger partial charge in [0.05, 0.1) is 18.4 Å². The minimum atomic E-state index is 0.345. The van der Waals surface area contributed by atoms with E-state index in [1.165, 1.54) is 11.1 Å². The maximum absolute atomic E-state index is 5.54. The molecular formula is C22H28N4OS. The molecular weight excluding hydrogens is 368 g/mol. The second-order valence-corrected chi connectivity index (χ2v) is 8.34. The molecule has 28 heavy (non-hydrogen) atoms. The van der Waals surface area contributed by atoms with Crippen LogP contribution in [-0.4, -0.2) is 34.9 Å². The summed E-state index contributed by atoms with van der Waals surface area (Å²) >= 11 is 1.89. The first-order valence-electron chi connectivity index (χ1n) is 9.78. The molecule has 2 aromatic heterocycles. The lowest BCUT2D eigenvalue weighted by molar-refractivity contribution is 0.176. The summed E-state index contributed by atoms with van der Waals surface area (Å²) in [4.78, 5) is 4.15. The van der Waals surface area contributed by atoms with Crippen LogP contribution < -0.4 is 10.1 Å². The summed E-state index contributed by atoms with van der Waals surface area (Å²) in [5, 5.41) is 10.4. The molecule has 0 bridgehead atoms. The van der Waals surface area contributed by atoms with E-state index in [9.17, 15) is 0 Å². The molecule has 0 saturated carbocycles. The SMILES string of the molecule is COc1c(CNCC(c2ccccc2)N2CCc3sccc3C2)c(C)nn1C. The molecule has 0 spiro atoms. The predicted molar refractivity (Wildman–Crippen MR) is 114 cm³/mol. The molecule has 3 heterocycles. The Morgan fingerprint density at radius 1 is 1.25 bits per heavy atom. The van der Waals surface area contributed by atoms with Crippen LogP contribution >= 0.6 is 11.3 Å². The Morgan fingerprint density at radius 3 is 2.86 bits per heavy atom. The van der Waals surface area contributed by atoms with Gasteiger partial charge in [-0.1, -0.05) is 30.3 Å². The summed E-state index contributed by atoms with van der Waals surface area (Å²) in [5.41, 5.74) is 5.00. The molecule has 0 saturated heterocycles. The lowest BCUT2D eigenvalue weighted by atomic mass is 10.0. The molecule has 0 radical (unpaired) electrons. The van der Waals surface area contributed by atoms with E-state index < -0.39 is 0 Å². The smallest absolute Gasteiger partial charge is 0.216 e. The third-order valence-corrected chi connectivity index (χ3v) is 6.61. The summed E-state index contributed by atoms with van der Waals surface area (Å²) in [6.07, 6.45) is 1.14. The second kappa shape index (κ2) is 8.47. The number of aryl methyl sites for hydroxylation is 2. The highest BCUT2D eigenvalue weighted by atomic mass is 32.1. The fourth-order valence-electron chi connectivity index (χ4n) is 4.14. The molecule has 1 aliphatic rings. The van der Waals surface area contributed by atoms with Crippen molar-refractivity contribution < 1.29 is 4.74 Å². The molecule has 1 unspecified atom stereocenters. The zero-order chi connectivity index (χ0) is 19.5. The quantitative estimate of drug-likeness (QED) is 0.661. The standard InChI is InChI=1S/C22H28N4OS/c1-16-19(22(27-3)25(2)24-16)13-23-14-20(17-7-5-4-6-8-17)26-11-9-21-18(15-26)10-12-28-21/h4-8,10,12,20,23H,9,11,13-15H2,1-3H3. The first-order valence-corrected chi connectivity index (χ1v) is 10.7. The number of rotatable bonds is 7. The molecule has 1 atom stereocenters. The van der Waals surface area contributed by atoms with Crippen LogP contribution in [0, 0.1) is 6.92 Å². The summed E-state index contributed by atoms with van der Waals surface area (Å²) in [7, 11) is 3.63. The molecule has 0 aliphatic carbocycles. The van der Waals surface area contributed by atoms with E-state index >= 15 is 0 Å². The maximum atomic E-state index is 5.54. The van der Waals surface area contributed by atoms with Gasteiger partial charge in [-0.3, -0.25) is 4.90 Å². The summed E-state index contributed by atoms with van der Waals surface area (Å²) in [6, 6.07) is 13.5. The zero-order valence-corrected chi connectivity index (χ0v) is 17.6. The Balaban J connectivity index is 1.49. The minimum absolute atomic E-state index is 0.345.